The topological polar surface area (TPSA) is 0 Å². The quantitative estimate of drug-likeness (QED) is 0.205. The van der Waals surface area contributed by atoms with Crippen LogP contribution in [-0.2, 0) is 16.2 Å². The molecule has 3 aliphatic rings. The summed E-state index contributed by atoms with van der Waals surface area (Å²) in [6, 6.07) is 55.1. The van der Waals surface area contributed by atoms with Gasteiger partial charge in [0.15, 0.2) is 0 Å². The Hall–Kier alpha value is -4.68. The summed E-state index contributed by atoms with van der Waals surface area (Å²) in [6.45, 7) is 5.03. The third kappa shape index (κ3) is 3.16. The maximum absolute atomic E-state index is 2.52. The van der Waals surface area contributed by atoms with Crippen LogP contribution in [0.15, 0.2) is 146 Å². The summed E-state index contributed by atoms with van der Waals surface area (Å²) < 4.78 is 0. The summed E-state index contributed by atoms with van der Waals surface area (Å²) in [6.07, 6.45) is 2.00. The van der Waals surface area contributed by atoms with Crippen LogP contribution < -0.4 is 0 Å². The molecule has 0 nitrogen and oxygen atoms in total. The number of hydrogen-bond acceptors (Lipinski definition) is 0. The summed E-state index contributed by atoms with van der Waals surface area (Å²) in [5.74, 6) is 0. The van der Waals surface area contributed by atoms with Crippen LogP contribution in [0, 0.1) is 0 Å². The number of rotatable bonds is 4. The van der Waals surface area contributed by atoms with Crippen LogP contribution in [0.25, 0.3) is 33.4 Å². The first kappa shape index (κ1) is 24.9. The monoisotopic (exact) mass is 550 g/mol. The van der Waals surface area contributed by atoms with Gasteiger partial charge in [-0.2, -0.15) is 0 Å². The Morgan fingerprint density at radius 2 is 0.512 bits per heavy atom. The molecule has 0 amide bonds. The van der Waals surface area contributed by atoms with Crippen molar-refractivity contribution >= 4 is 0 Å². The molecule has 0 fully saturated rings. The highest BCUT2D eigenvalue weighted by molar-refractivity contribution is 5.86. The molecule has 9 rings (SSSR count). The fraction of sp³-hybridized carbons (Fsp3) is 0.163. The van der Waals surface area contributed by atoms with Crippen LogP contribution in [0.5, 0.6) is 0 Å². The smallest absolute Gasteiger partial charge is 0.0238 e. The van der Waals surface area contributed by atoms with Crippen LogP contribution in [0.4, 0.5) is 0 Å². The van der Waals surface area contributed by atoms with E-state index in [2.05, 4.69) is 159 Å². The molecule has 6 aromatic carbocycles. The van der Waals surface area contributed by atoms with Crippen molar-refractivity contribution in [3.63, 3.8) is 0 Å². The van der Waals surface area contributed by atoms with Gasteiger partial charge in [-0.1, -0.05) is 159 Å². The molecule has 0 unspecified atom stereocenters. The van der Waals surface area contributed by atoms with E-state index in [0.717, 1.165) is 12.8 Å². The molecule has 0 spiro atoms. The summed E-state index contributed by atoms with van der Waals surface area (Å²) in [5.41, 5.74) is 16.6. The molecular formula is C43H34. The first-order chi connectivity index (χ1) is 21.0. The van der Waals surface area contributed by atoms with Gasteiger partial charge in [0.2, 0.25) is 0 Å². The zero-order valence-electron chi connectivity index (χ0n) is 24.8. The molecule has 0 aliphatic heterocycles. The number of fused-ring (bicyclic) bond motifs is 9. The molecule has 0 saturated heterocycles. The molecule has 0 N–H and O–H groups in total. The second-order valence-electron chi connectivity index (χ2n) is 13.4. The van der Waals surface area contributed by atoms with Gasteiger partial charge in [-0.3, -0.25) is 0 Å². The van der Waals surface area contributed by atoms with E-state index in [1.807, 2.05) is 0 Å². The van der Waals surface area contributed by atoms with E-state index in [4.69, 9.17) is 0 Å². The van der Waals surface area contributed by atoms with E-state index in [1.165, 1.54) is 66.8 Å². The van der Waals surface area contributed by atoms with Crippen LogP contribution >= 0.6 is 0 Å². The fourth-order valence-electron chi connectivity index (χ4n) is 9.53. The molecule has 0 atom stereocenters. The Morgan fingerprint density at radius 1 is 0.302 bits per heavy atom. The molecule has 0 heterocycles. The molecule has 43 heavy (non-hydrogen) atoms. The van der Waals surface area contributed by atoms with Crippen LogP contribution in [-0.4, -0.2) is 0 Å². The minimum atomic E-state index is -0.203. The van der Waals surface area contributed by atoms with Crippen molar-refractivity contribution in [2.45, 2.75) is 42.9 Å². The van der Waals surface area contributed by atoms with Crippen molar-refractivity contribution in [1.82, 2.24) is 0 Å². The number of benzene rings is 6. The van der Waals surface area contributed by atoms with Gasteiger partial charge >= 0.3 is 0 Å². The number of hydrogen-bond donors (Lipinski definition) is 0. The summed E-state index contributed by atoms with van der Waals surface area (Å²) in [7, 11) is 0. The lowest BCUT2D eigenvalue weighted by Crippen LogP contribution is -2.41. The van der Waals surface area contributed by atoms with E-state index in [-0.39, 0.29) is 16.2 Å². The minimum Gasteiger partial charge on any atom is -0.0619 e. The van der Waals surface area contributed by atoms with Crippen LogP contribution in [0.1, 0.15) is 60.1 Å². The maximum Gasteiger partial charge on any atom is 0.0238 e. The standard InChI is InChI=1S/C43H34/c1-41(35-21-9-3-15-29(35)30-16-4-10-22-36(30)41)27-43(39-25-13-7-19-33(39)34-20-8-14-26-40(34)43)28-42(2)37-23-11-5-17-31(37)32-18-6-12-24-38(32)42/h3-26H,27-28H2,1-2H3. The molecule has 0 saturated carbocycles. The van der Waals surface area contributed by atoms with Gasteiger partial charge in [-0.15, -0.1) is 0 Å². The van der Waals surface area contributed by atoms with Crippen LogP contribution in [0.2, 0.25) is 0 Å². The highest BCUT2D eigenvalue weighted by Gasteiger charge is 2.55. The molecule has 0 heteroatoms. The minimum absolute atomic E-state index is 0.147. The van der Waals surface area contributed by atoms with Crippen molar-refractivity contribution in [1.29, 1.82) is 0 Å². The van der Waals surface area contributed by atoms with Gasteiger partial charge in [0, 0.05) is 16.2 Å². The maximum atomic E-state index is 2.52. The van der Waals surface area contributed by atoms with Crippen molar-refractivity contribution < 1.29 is 0 Å². The molecule has 3 aliphatic carbocycles. The Balaban J connectivity index is 1.34. The normalized spacial score (nSPS) is 16.9. The van der Waals surface area contributed by atoms with Crippen molar-refractivity contribution in [3.05, 3.63) is 179 Å². The predicted molar refractivity (Wildman–Crippen MR) is 179 cm³/mol. The Bertz CT molecular complexity index is 1830. The van der Waals surface area contributed by atoms with Gasteiger partial charge in [-0.25, -0.2) is 0 Å². The second kappa shape index (κ2) is 8.68. The van der Waals surface area contributed by atoms with Gasteiger partial charge in [0.25, 0.3) is 0 Å². The van der Waals surface area contributed by atoms with Gasteiger partial charge in [-0.05, 0) is 79.6 Å². The molecule has 6 aromatic rings. The van der Waals surface area contributed by atoms with E-state index >= 15 is 0 Å². The van der Waals surface area contributed by atoms with E-state index < -0.39 is 0 Å². The molecular weight excluding hydrogens is 516 g/mol. The summed E-state index contributed by atoms with van der Waals surface area (Å²) >= 11 is 0. The zero-order valence-corrected chi connectivity index (χ0v) is 24.8. The predicted octanol–water partition coefficient (Wildman–Crippen LogP) is 10.7. The fourth-order valence-corrected chi connectivity index (χ4v) is 9.53. The average Bonchev–Trinajstić information content (AvgIpc) is 3.58. The Kier molecular flexibility index (Phi) is 5.02. The van der Waals surface area contributed by atoms with E-state index in [9.17, 15) is 0 Å². The third-order valence-corrected chi connectivity index (χ3v) is 11.2. The lowest BCUT2D eigenvalue weighted by Gasteiger charge is -2.45. The highest BCUT2D eigenvalue weighted by atomic mass is 14.6. The summed E-state index contributed by atoms with van der Waals surface area (Å²) in [5, 5.41) is 0. The van der Waals surface area contributed by atoms with Crippen molar-refractivity contribution in [2.75, 3.05) is 0 Å². The van der Waals surface area contributed by atoms with Crippen molar-refractivity contribution in [3.8, 4) is 33.4 Å². The molecule has 206 valence electrons. The van der Waals surface area contributed by atoms with Crippen molar-refractivity contribution in [2.24, 2.45) is 0 Å². The first-order valence-corrected chi connectivity index (χ1v) is 15.6. The van der Waals surface area contributed by atoms with E-state index in [1.54, 1.807) is 0 Å². The SMILES string of the molecule is CC1(CC2(CC3(C)c4ccccc4-c4ccccc43)c3ccccc3-c3ccccc32)c2ccccc2-c2ccccc21. The molecule has 0 bridgehead atoms. The highest BCUT2D eigenvalue weighted by Crippen LogP contribution is 2.64. The zero-order chi connectivity index (χ0) is 28.8. The summed E-state index contributed by atoms with van der Waals surface area (Å²) in [4.78, 5) is 0. The molecule has 0 aromatic heterocycles. The lowest BCUT2D eigenvalue weighted by molar-refractivity contribution is 0.310. The second-order valence-corrected chi connectivity index (χ2v) is 13.4. The molecule has 0 radical (unpaired) electrons. The first-order valence-electron chi connectivity index (χ1n) is 15.6. The Labute approximate surface area is 254 Å². The van der Waals surface area contributed by atoms with E-state index in [0.29, 0.717) is 0 Å². The van der Waals surface area contributed by atoms with Crippen LogP contribution in [0.3, 0.4) is 0 Å². The lowest BCUT2D eigenvalue weighted by atomic mass is 9.57. The van der Waals surface area contributed by atoms with Gasteiger partial charge < -0.3 is 0 Å². The third-order valence-electron chi connectivity index (χ3n) is 11.2. The Morgan fingerprint density at radius 3 is 0.791 bits per heavy atom. The van der Waals surface area contributed by atoms with Gasteiger partial charge in [0.1, 0.15) is 0 Å². The van der Waals surface area contributed by atoms with Gasteiger partial charge in [0.05, 0.1) is 0 Å². The largest absolute Gasteiger partial charge is 0.0619 e. The average molecular weight is 551 g/mol.